The standard InChI is InChI=1S/C17H23N10O7P/c1-13-7-14(10-17(28)20-3-2-4-33-35(29,30)34-26-23-19)9-16(8-13)27-11-15(21-24-27)12-31-5-6-32-25-22-18/h7-9,11H,2-6,10,12H2,1H3,(H,20,28)(H,29,30)/p-1. The molecule has 0 radical (unpaired) electrons. The molecule has 0 bridgehead atoms. The van der Waals surface area contributed by atoms with Gasteiger partial charge in [0, 0.05) is 16.4 Å². The summed E-state index contributed by atoms with van der Waals surface area (Å²) < 4.78 is 26.4. The Morgan fingerprint density at radius 1 is 1.23 bits per heavy atom. The third-order valence-corrected chi connectivity index (χ3v) is 4.79. The fraction of sp³-hybridized carbons (Fsp3) is 0.471. The van der Waals surface area contributed by atoms with Crippen molar-refractivity contribution in [3.63, 3.8) is 0 Å². The van der Waals surface area contributed by atoms with E-state index in [0.717, 1.165) is 11.1 Å². The maximum absolute atomic E-state index is 12.3. The van der Waals surface area contributed by atoms with E-state index in [2.05, 4.69) is 50.0 Å². The van der Waals surface area contributed by atoms with E-state index in [4.69, 9.17) is 15.8 Å². The molecule has 2 aromatic rings. The number of nitrogens with zero attached hydrogens (tertiary/aromatic N) is 9. The van der Waals surface area contributed by atoms with E-state index in [1.165, 1.54) is 0 Å². The quantitative estimate of drug-likeness (QED) is 0.0869. The number of aromatic nitrogens is 3. The Morgan fingerprint density at radius 3 is 2.80 bits per heavy atom. The number of phosphoric acid groups is 1. The first kappa shape index (κ1) is 27.4. The van der Waals surface area contributed by atoms with Crippen LogP contribution >= 0.6 is 7.82 Å². The molecule has 0 aliphatic carbocycles. The summed E-state index contributed by atoms with van der Waals surface area (Å²) in [5.74, 6) is -0.271. The molecule has 188 valence electrons. The Balaban J connectivity index is 1.81. The summed E-state index contributed by atoms with van der Waals surface area (Å²) in [5.41, 5.74) is 19.1. The van der Waals surface area contributed by atoms with Gasteiger partial charge in [-0.1, -0.05) is 11.3 Å². The van der Waals surface area contributed by atoms with E-state index in [-0.39, 0.29) is 51.7 Å². The number of nitrogens with one attached hydrogen (secondary N) is 1. The van der Waals surface area contributed by atoms with Crippen molar-refractivity contribution in [2.45, 2.75) is 26.4 Å². The number of amides is 1. The molecule has 2 rings (SSSR count). The van der Waals surface area contributed by atoms with Crippen LogP contribution in [0, 0.1) is 6.92 Å². The number of ether oxygens (including phenoxy) is 1. The number of rotatable bonds is 16. The van der Waals surface area contributed by atoms with Crippen molar-refractivity contribution in [2.75, 3.05) is 26.4 Å². The lowest BCUT2D eigenvalue weighted by molar-refractivity contribution is -0.225. The van der Waals surface area contributed by atoms with Crippen molar-refractivity contribution in [1.29, 1.82) is 0 Å². The van der Waals surface area contributed by atoms with E-state index >= 15 is 0 Å². The molecule has 1 heterocycles. The zero-order chi connectivity index (χ0) is 25.5. The lowest BCUT2D eigenvalue weighted by Crippen LogP contribution is -2.27. The lowest BCUT2D eigenvalue weighted by Gasteiger charge is -2.19. The fourth-order valence-corrected chi connectivity index (χ4v) is 3.24. The van der Waals surface area contributed by atoms with Crippen LogP contribution in [0.1, 0.15) is 23.2 Å². The first-order chi connectivity index (χ1) is 16.8. The summed E-state index contributed by atoms with van der Waals surface area (Å²) >= 11 is 0. The van der Waals surface area contributed by atoms with Crippen LogP contribution in [0.3, 0.4) is 0 Å². The molecular weight excluding hydrogens is 487 g/mol. The van der Waals surface area contributed by atoms with Gasteiger partial charge in [-0.3, -0.25) is 9.36 Å². The number of azide groups is 2. The maximum atomic E-state index is 12.3. The lowest BCUT2D eigenvalue weighted by atomic mass is 10.1. The molecular formula is C17H22N10O7P-. The van der Waals surface area contributed by atoms with Gasteiger partial charge in [0.2, 0.25) is 5.91 Å². The van der Waals surface area contributed by atoms with Crippen LogP contribution in [-0.4, -0.2) is 47.3 Å². The zero-order valence-electron chi connectivity index (χ0n) is 18.6. The molecule has 1 atom stereocenters. The second kappa shape index (κ2) is 14.4. The number of carbonyl (C=O) groups excluding carboxylic acids is 1. The molecule has 1 aromatic carbocycles. The average Bonchev–Trinajstić information content (AvgIpc) is 3.28. The molecule has 1 N–H and O–H groups in total. The fourth-order valence-electron chi connectivity index (χ4n) is 2.71. The van der Waals surface area contributed by atoms with Crippen LogP contribution in [-0.2, 0) is 41.1 Å². The van der Waals surface area contributed by atoms with Gasteiger partial charge in [-0.15, -0.1) is 5.10 Å². The van der Waals surface area contributed by atoms with Crippen molar-refractivity contribution in [2.24, 2.45) is 10.6 Å². The van der Waals surface area contributed by atoms with Gasteiger partial charge < -0.3 is 28.9 Å². The van der Waals surface area contributed by atoms with Gasteiger partial charge in [-0.2, -0.15) is 0 Å². The van der Waals surface area contributed by atoms with E-state index in [9.17, 15) is 14.3 Å². The first-order valence-electron chi connectivity index (χ1n) is 10.0. The van der Waals surface area contributed by atoms with Crippen molar-refractivity contribution < 1.29 is 33.0 Å². The number of benzene rings is 1. The Labute approximate surface area is 198 Å². The molecule has 1 aromatic heterocycles. The molecule has 17 nitrogen and oxygen atoms in total. The summed E-state index contributed by atoms with van der Waals surface area (Å²) in [6.07, 6.45) is 1.97. The minimum atomic E-state index is -4.70. The summed E-state index contributed by atoms with van der Waals surface area (Å²) in [6, 6.07) is 5.53. The van der Waals surface area contributed by atoms with Crippen LogP contribution in [0.5, 0.6) is 0 Å². The van der Waals surface area contributed by atoms with E-state index in [1.807, 2.05) is 19.1 Å². The molecule has 0 aliphatic rings. The topological polar surface area (TPSA) is 234 Å². The molecule has 0 saturated heterocycles. The highest BCUT2D eigenvalue weighted by atomic mass is 31.2. The van der Waals surface area contributed by atoms with E-state index < -0.39 is 7.82 Å². The van der Waals surface area contributed by atoms with Gasteiger partial charge in [-0.25, -0.2) is 4.68 Å². The van der Waals surface area contributed by atoms with Gasteiger partial charge in [0.05, 0.1) is 38.1 Å². The Bertz CT molecular complexity index is 1130. The molecule has 1 amide bonds. The molecule has 0 aliphatic heterocycles. The van der Waals surface area contributed by atoms with Crippen LogP contribution < -0.4 is 10.2 Å². The van der Waals surface area contributed by atoms with Gasteiger partial charge in [0.25, 0.3) is 0 Å². The minimum Gasteiger partial charge on any atom is -0.746 e. The van der Waals surface area contributed by atoms with Crippen LogP contribution in [0.25, 0.3) is 26.6 Å². The Morgan fingerprint density at radius 2 is 2.03 bits per heavy atom. The second-order valence-electron chi connectivity index (χ2n) is 6.80. The highest BCUT2D eigenvalue weighted by Crippen LogP contribution is 2.38. The van der Waals surface area contributed by atoms with E-state index in [1.54, 1.807) is 16.9 Å². The first-order valence-corrected chi connectivity index (χ1v) is 11.5. The molecule has 0 saturated carbocycles. The number of hydrogen-bond donors (Lipinski definition) is 1. The molecule has 18 heteroatoms. The molecule has 0 spiro atoms. The predicted molar refractivity (Wildman–Crippen MR) is 116 cm³/mol. The maximum Gasteiger partial charge on any atom is 0.326 e. The van der Waals surface area contributed by atoms with Crippen molar-refractivity contribution in [3.05, 3.63) is 62.1 Å². The van der Waals surface area contributed by atoms with Crippen LogP contribution in [0.2, 0.25) is 0 Å². The van der Waals surface area contributed by atoms with E-state index in [0.29, 0.717) is 11.4 Å². The van der Waals surface area contributed by atoms with Crippen LogP contribution in [0.15, 0.2) is 35.0 Å². The van der Waals surface area contributed by atoms with Gasteiger partial charge in [0.1, 0.15) is 22.9 Å². The minimum absolute atomic E-state index is 0.0887. The highest BCUT2D eigenvalue weighted by Gasteiger charge is 2.10. The average molecular weight is 509 g/mol. The number of aryl methyl sites for hydroxylation is 1. The molecule has 1 unspecified atom stereocenters. The van der Waals surface area contributed by atoms with Gasteiger partial charge in [-0.05, 0) is 47.7 Å². The highest BCUT2D eigenvalue weighted by molar-refractivity contribution is 7.45. The summed E-state index contributed by atoms with van der Waals surface area (Å²) in [7, 11) is -4.70. The zero-order valence-corrected chi connectivity index (χ0v) is 19.5. The molecule has 0 fully saturated rings. The SMILES string of the molecule is Cc1cc(CC(=O)NCCCOP(=O)([O-])ON=[N+]=[N-])cc(-n2cc(COCCON=[N+]=[N-])nn2)c1. The summed E-state index contributed by atoms with van der Waals surface area (Å²) in [5, 5.41) is 16.2. The second-order valence-corrected chi connectivity index (χ2v) is 8.12. The third kappa shape index (κ3) is 10.8. The smallest absolute Gasteiger partial charge is 0.326 e. The number of hydrogen-bond acceptors (Lipinski definition) is 11. The van der Waals surface area contributed by atoms with Crippen LogP contribution in [0.4, 0.5) is 0 Å². The Hall–Kier alpha value is -3.84. The predicted octanol–water partition coefficient (Wildman–Crippen LogP) is 2.11. The summed E-state index contributed by atoms with van der Waals surface area (Å²) in [6.45, 7) is 2.30. The normalized spacial score (nSPS) is 12.1. The van der Waals surface area contributed by atoms with Gasteiger partial charge >= 0.3 is 7.82 Å². The third-order valence-electron chi connectivity index (χ3n) is 4.02. The Kier molecular flexibility index (Phi) is 11.3. The largest absolute Gasteiger partial charge is 0.746 e. The van der Waals surface area contributed by atoms with Crippen molar-refractivity contribution >= 4 is 13.7 Å². The summed E-state index contributed by atoms with van der Waals surface area (Å²) in [4.78, 5) is 32.6. The van der Waals surface area contributed by atoms with Gasteiger partial charge in [0.15, 0.2) is 0 Å². The molecule has 35 heavy (non-hydrogen) atoms. The van der Waals surface area contributed by atoms with Crippen molar-refractivity contribution in [3.8, 4) is 5.69 Å². The monoisotopic (exact) mass is 509 g/mol. The van der Waals surface area contributed by atoms with Crippen molar-refractivity contribution in [1.82, 2.24) is 20.3 Å². The number of carbonyl (C=O) groups is 1. The number of phosphoric ester groups is 1.